The Morgan fingerprint density at radius 1 is 1.45 bits per heavy atom. The Kier molecular flexibility index (Phi) is 4.47. The molecule has 106 valence electrons. The predicted molar refractivity (Wildman–Crippen MR) is 76.5 cm³/mol. The largest absolute Gasteiger partial charge is 0.313 e. The van der Waals surface area contributed by atoms with Crippen molar-refractivity contribution in [1.82, 2.24) is 15.1 Å². The van der Waals surface area contributed by atoms with Gasteiger partial charge in [-0.25, -0.2) is 0 Å². The lowest BCUT2D eigenvalue weighted by atomic mass is 10.1. The molecule has 0 radical (unpaired) electrons. The average Bonchev–Trinajstić information content (AvgIpc) is 2.93. The summed E-state index contributed by atoms with van der Waals surface area (Å²) in [5, 5.41) is 18.4. The van der Waals surface area contributed by atoms with Crippen LogP contribution in [0.2, 0.25) is 0 Å². The van der Waals surface area contributed by atoms with Crippen molar-refractivity contribution < 1.29 is 4.92 Å². The number of benzene rings is 1. The molecule has 6 nitrogen and oxygen atoms in total. The van der Waals surface area contributed by atoms with Crippen molar-refractivity contribution in [2.75, 3.05) is 7.05 Å². The molecule has 1 aromatic heterocycles. The molecule has 0 aliphatic rings. The summed E-state index contributed by atoms with van der Waals surface area (Å²) < 4.78 is 1.82. The SMILES string of the molecule is CNC(C)c1cnn(CCc2ccccc2[N+](=O)[O-])c1. The normalized spacial score (nSPS) is 12.3. The van der Waals surface area contributed by atoms with E-state index >= 15 is 0 Å². The van der Waals surface area contributed by atoms with Gasteiger partial charge in [-0.15, -0.1) is 0 Å². The third-order valence-electron chi connectivity index (χ3n) is 3.38. The molecular formula is C14H18N4O2. The van der Waals surface area contributed by atoms with Gasteiger partial charge in [0.25, 0.3) is 5.69 Å². The number of nitro groups is 1. The van der Waals surface area contributed by atoms with Gasteiger partial charge in [-0.2, -0.15) is 5.10 Å². The quantitative estimate of drug-likeness (QED) is 0.648. The summed E-state index contributed by atoms with van der Waals surface area (Å²) in [5.74, 6) is 0. The molecule has 6 heteroatoms. The van der Waals surface area contributed by atoms with Gasteiger partial charge in [-0.1, -0.05) is 18.2 Å². The lowest BCUT2D eigenvalue weighted by Crippen LogP contribution is -2.11. The molecule has 1 heterocycles. The Morgan fingerprint density at radius 2 is 2.20 bits per heavy atom. The zero-order valence-corrected chi connectivity index (χ0v) is 11.6. The molecule has 1 atom stereocenters. The molecule has 0 bridgehead atoms. The van der Waals surface area contributed by atoms with Crippen molar-refractivity contribution >= 4 is 5.69 Å². The van der Waals surface area contributed by atoms with Crippen LogP contribution in [0.25, 0.3) is 0 Å². The van der Waals surface area contributed by atoms with E-state index in [4.69, 9.17) is 0 Å². The fourth-order valence-electron chi connectivity index (χ4n) is 2.03. The number of nitro benzene ring substituents is 1. The van der Waals surface area contributed by atoms with E-state index in [-0.39, 0.29) is 16.7 Å². The van der Waals surface area contributed by atoms with Crippen LogP contribution in [-0.2, 0) is 13.0 Å². The molecule has 0 saturated carbocycles. The van der Waals surface area contributed by atoms with E-state index in [9.17, 15) is 10.1 Å². The molecule has 0 amide bonds. The standard InChI is InChI=1S/C14H18N4O2/c1-11(15-2)13-9-16-17(10-13)8-7-12-5-3-4-6-14(12)18(19)20/h3-6,9-11,15H,7-8H2,1-2H3. The second kappa shape index (κ2) is 6.29. The summed E-state index contributed by atoms with van der Waals surface area (Å²) >= 11 is 0. The summed E-state index contributed by atoms with van der Waals surface area (Å²) in [7, 11) is 1.90. The fraction of sp³-hybridized carbons (Fsp3) is 0.357. The van der Waals surface area contributed by atoms with Crippen LogP contribution in [0.5, 0.6) is 0 Å². The smallest absolute Gasteiger partial charge is 0.272 e. The van der Waals surface area contributed by atoms with Gasteiger partial charge < -0.3 is 5.32 Å². The highest BCUT2D eigenvalue weighted by Gasteiger charge is 2.12. The van der Waals surface area contributed by atoms with Gasteiger partial charge in [0.05, 0.1) is 11.1 Å². The van der Waals surface area contributed by atoms with E-state index in [1.807, 2.05) is 30.2 Å². The second-order valence-corrected chi connectivity index (χ2v) is 4.68. The van der Waals surface area contributed by atoms with Gasteiger partial charge in [0.2, 0.25) is 0 Å². The second-order valence-electron chi connectivity index (χ2n) is 4.68. The molecule has 1 unspecified atom stereocenters. The Bertz CT molecular complexity index is 594. The lowest BCUT2D eigenvalue weighted by Gasteiger charge is -2.06. The first kappa shape index (κ1) is 14.2. The number of aromatic nitrogens is 2. The number of para-hydroxylation sites is 1. The van der Waals surface area contributed by atoms with Crippen LogP contribution < -0.4 is 5.32 Å². The Labute approximate surface area is 117 Å². The molecule has 0 spiro atoms. The molecule has 2 rings (SSSR count). The Balaban J connectivity index is 2.06. The third kappa shape index (κ3) is 3.21. The maximum absolute atomic E-state index is 10.9. The maximum Gasteiger partial charge on any atom is 0.272 e. The average molecular weight is 274 g/mol. The number of nitrogens with one attached hydrogen (secondary N) is 1. The zero-order valence-electron chi connectivity index (χ0n) is 11.6. The number of nitrogens with zero attached hydrogens (tertiary/aromatic N) is 3. The summed E-state index contributed by atoms with van der Waals surface area (Å²) in [6.07, 6.45) is 4.38. The third-order valence-corrected chi connectivity index (χ3v) is 3.38. The highest BCUT2D eigenvalue weighted by molar-refractivity contribution is 5.39. The predicted octanol–water partition coefficient (Wildman–Crippen LogP) is 2.31. The van der Waals surface area contributed by atoms with Gasteiger partial charge in [-0.3, -0.25) is 14.8 Å². The Morgan fingerprint density at radius 3 is 2.90 bits per heavy atom. The number of hydrogen-bond acceptors (Lipinski definition) is 4. The summed E-state index contributed by atoms with van der Waals surface area (Å²) in [6.45, 7) is 2.69. The molecule has 0 fully saturated rings. The minimum Gasteiger partial charge on any atom is -0.313 e. The Hall–Kier alpha value is -2.21. The maximum atomic E-state index is 10.9. The molecular weight excluding hydrogens is 256 g/mol. The van der Waals surface area contributed by atoms with Gasteiger partial charge in [-0.05, 0) is 20.4 Å². The minimum absolute atomic E-state index is 0.170. The van der Waals surface area contributed by atoms with Crippen LogP contribution in [0, 0.1) is 10.1 Å². The van der Waals surface area contributed by atoms with E-state index in [1.165, 1.54) is 6.07 Å². The molecule has 2 aromatic rings. The highest BCUT2D eigenvalue weighted by atomic mass is 16.6. The molecule has 0 aliphatic carbocycles. The molecule has 1 N–H and O–H groups in total. The molecule has 20 heavy (non-hydrogen) atoms. The first-order valence-electron chi connectivity index (χ1n) is 6.53. The number of rotatable bonds is 6. The van der Waals surface area contributed by atoms with E-state index in [2.05, 4.69) is 17.3 Å². The van der Waals surface area contributed by atoms with Crippen LogP contribution in [-0.4, -0.2) is 21.8 Å². The van der Waals surface area contributed by atoms with Gasteiger partial charge in [0.15, 0.2) is 0 Å². The molecule has 1 aromatic carbocycles. The molecule has 0 saturated heterocycles. The van der Waals surface area contributed by atoms with Crippen molar-refractivity contribution in [3.63, 3.8) is 0 Å². The van der Waals surface area contributed by atoms with Gasteiger partial charge in [0, 0.05) is 36.0 Å². The fourth-order valence-corrected chi connectivity index (χ4v) is 2.03. The van der Waals surface area contributed by atoms with E-state index < -0.39 is 0 Å². The van der Waals surface area contributed by atoms with Crippen molar-refractivity contribution in [2.24, 2.45) is 0 Å². The summed E-state index contributed by atoms with van der Waals surface area (Å²) in [4.78, 5) is 10.6. The number of aryl methyl sites for hydroxylation is 2. The molecule has 0 aliphatic heterocycles. The lowest BCUT2D eigenvalue weighted by molar-refractivity contribution is -0.385. The monoisotopic (exact) mass is 274 g/mol. The van der Waals surface area contributed by atoms with Gasteiger partial charge in [0.1, 0.15) is 0 Å². The summed E-state index contributed by atoms with van der Waals surface area (Å²) in [6, 6.07) is 7.07. The zero-order chi connectivity index (χ0) is 14.5. The van der Waals surface area contributed by atoms with Crippen LogP contribution >= 0.6 is 0 Å². The first-order valence-corrected chi connectivity index (χ1v) is 6.53. The van der Waals surface area contributed by atoms with Gasteiger partial charge >= 0.3 is 0 Å². The summed E-state index contributed by atoms with van der Waals surface area (Å²) in [5.41, 5.74) is 2.01. The van der Waals surface area contributed by atoms with Crippen molar-refractivity contribution in [3.05, 3.63) is 57.9 Å². The highest BCUT2D eigenvalue weighted by Crippen LogP contribution is 2.19. The van der Waals surface area contributed by atoms with Crippen molar-refractivity contribution in [1.29, 1.82) is 0 Å². The van der Waals surface area contributed by atoms with Crippen LogP contribution in [0.1, 0.15) is 24.1 Å². The van der Waals surface area contributed by atoms with Crippen LogP contribution in [0.3, 0.4) is 0 Å². The first-order chi connectivity index (χ1) is 9.61. The van der Waals surface area contributed by atoms with E-state index in [0.29, 0.717) is 13.0 Å². The van der Waals surface area contributed by atoms with E-state index in [1.54, 1.807) is 12.1 Å². The van der Waals surface area contributed by atoms with Crippen molar-refractivity contribution in [2.45, 2.75) is 25.9 Å². The van der Waals surface area contributed by atoms with E-state index in [0.717, 1.165) is 11.1 Å². The van der Waals surface area contributed by atoms with Crippen molar-refractivity contribution in [3.8, 4) is 0 Å². The van der Waals surface area contributed by atoms with Crippen LogP contribution in [0.15, 0.2) is 36.7 Å². The number of hydrogen-bond donors (Lipinski definition) is 1. The topological polar surface area (TPSA) is 73.0 Å². The minimum atomic E-state index is -0.340. The van der Waals surface area contributed by atoms with Crippen LogP contribution in [0.4, 0.5) is 5.69 Å².